The maximum atomic E-state index is 12.2. The van der Waals surface area contributed by atoms with Crippen LogP contribution >= 0.6 is 0 Å². The van der Waals surface area contributed by atoms with Crippen molar-refractivity contribution in [3.05, 3.63) is 41.9 Å². The van der Waals surface area contributed by atoms with Gasteiger partial charge in [0, 0.05) is 31.2 Å². The van der Waals surface area contributed by atoms with Gasteiger partial charge in [-0.2, -0.15) is 5.10 Å². The van der Waals surface area contributed by atoms with E-state index < -0.39 is 12.3 Å². The Balaban J connectivity index is 1.98. The molecule has 2 rings (SSSR count). The molecule has 2 N–H and O–H groups in total. The molecule has 24 heavy (non-hydrogen) atoms. The molecule has 0 spiro atoms. The van der Waals surface area contributed by atoms with E-state index in [4.69, 9.17) is 19.9 Å². The molecule has 8 nitrogen and oxygen atoms in total. The summed E-state index contributed by atoms with van der Waals surface area (Å²) in [5.74, 6) is -0.317. The number of ether oxygens (including phenoxy) is 3. The van der Waals surface area contributed by atoms with E-state index in [1.807, 2.05) is 19.9 Å². The fourth-order valence-electron chi connectivity index (χ4n) is 2.07. The number of nitrogens with two attached hydrogens (primary N) is 1. The summed E-state index contributed by atoms with van der Waals surface area (Å²) in [5.41, 5.74) is 7.00. The second-order valence-electron chi connectivity index (χ2n) is 4.90. The number of esters is 1. The molecule has 0 fully saturated rings. The minimum atomic E-state index is -0.535. The molecule has 0 unspecified atom stereocenters. The Morgan fingerprint density at radius 1 is 1.29 bits per heavy atom. The van der Waals surface area contributed by atoms with E-state index in [1.165, 1.54) is 10.9 Å². The molecule has 0 atom stereocenters. The van der Waals surface area contributed by atoms with Crippen molar-refractivity contribution in [2.24, 2.45) is 0 Å². The van der Waals surface area contributed by atoms with Crippen molar-refractivity contribution in [1.29, 1.82) is 0 Å². The summed E-state index contributed by atoms with van der Waals surface area (Å²) in [6.07, 6.45) is 4.20. The molecule has 8 heteroatoms. The summed E-state index contributed by atoms with van der Waals surface area (Å²) < 4.78 is 17.6. The van der Waals surface area contributed by atoms with Gasteiger partial charge in [0.05, 0.1) is 12.7 Å². The highest BCUT2D eigenvalue weighted by Crippen LogP contribution is 2.15. The van der Waals surface area contributed by atoms with Gasteiger partial charge in [-0.1, -0.05) is 6.07 Å². The fourth-order valence-corrected chi connectivity index (χ4v) is 2.07. The summed E-state index contributed by atoms with van der Waals surface area (Å²) in [5, 5.41) is 4.11. The third-order valence-corrected chi connectivity index (χ3v) is 3.22. The van der Waals surface area contributed by atoms with Crippen LogP contribution in [0.1, 0.15) is 29.8 Å². The van der Waals surface area contributed by atoms with Crippen LogP contribution in [-0.4, -0.2) is 40.2 Å². The molecule has 0 saturated heterocycles. The molecule has 0 amide bonds. The third kappa shape index (κ3) is 4.77. The molecular formula is C16H22N4O4. The number of carbonyl (C=O) groups is 1. The highest BCUT2D eigenvalue weighted by atomic mass is 16.7. The Labute approximate surface area is 140 Å². The maximum absolute atomic E-state index is 12.2. The zero-order chi connectivity index (χ0) is 17.4. The molecule has 0 saturated carbocycles. The number of pyridine rings is 1. The van der Waals surface area contributed by atoms with E-state index in [-0.39, 0.29) is 18.0 Å². The van der Waals surface area contributed by atoms with Gasteiger partial charge in [-0.15, -0.1) is 0 Å². The number of hydrogen-bond acceptors (Lipinski definition) is 7. The molecule has 0 aliphatic carbocycles. The number of anilines is 1. The first-order valence-electron chi connectivity index (χ1n) is 7.76. The van der Waals surface area contributed by atoms with Gasteiger partial charge in [0.15, 0.2) is 6.29 Å². The Bertz CT molecular complexity index is 639. The largest absolute Gasteiger partial charge is 0.457 e. The Hall–Kier alpha value is -2.45. The Kier molecular flexibility index (Phi) is 6.71. The van der Waals surface area contributed by atoms with E-state index in [0.29, 0.717) is 19.8 Å². The molecule has 2 aromatic rings. The smallest absolute Gasteiger partial charge is 0.343 e. The van der Waals surface area contributed by atoms with Gasteiger partial charge in [0.25, 0.3) is 0 Å². The predicted octanol–water partition coefficient (Wildman–Crippen LogP) is 1.62. The molecule has 2 heterocycles. The number of hydrogen-bond donors (Lipinski definition) is 1. The lowest BCUT2D eigenvalue weighted by molar-refractivity contribution is -0.144. The lowest BCUT2D eigenvalue weighted by Gasteiger charge is -2.17. The maximum Gasteiger partial charge on any atom is 0.343 e. The zero-order valence-corrected chi connectivity index (χ0v) is 13.8. The van der Waals surface area contributed by atoms with Crippen molar-refractivity contribution < 1.29 is 19.0 Å². The average molecular weight is 334 g/mol. The molecule has 0 aromatic carbocycles. The molecule has 0 radical (unpaired) electrons. The van der Waals surface area contributed by atoms with Crippen LogP contribution in [0.3, 0.4) is 0 Å². The third-order valence-electron chi connectivity index (χ3n) is 3.22. The van der Waals surface area contributed by atoms with E-state index in [2.05, 4.69) is 10.1 Å². The van der Waals surface area contributed by atoms with Crippen molar-refractivity contribution >= 4 is 11.8 Å². The summed E-state index contributed by atoms with van der Waals surface area (Å²) in [6.45, 7) is 5.18. The number of rotatable bonds is 9. The standard InChI is InChI=1S/C16H22N4O4/c1-3-22-14(23-4-2)10-20-15(17)13(9-19-20)16(21)24-11-12-6-5-7-18-8-12/h5-9,14H,3-4,10-11,17H2,1-2H3. The first-order chi connectivity index (χ1) is 11.7. The van der Waals surface area contributed by atoms with Crippen molar-refractivity contribution in [2.75, 3.05) is 18.9 Å². The Morgan fingerprint density at radius 3 is 2.67 bits per heavy atom. The molecule has 2 aromatic heterocycles. The Morgan fingerprint density at radius 2 is 2.04 bits per heavy atom. The SMILES string of the molecule is CCOC(Cn1ncc(C(=O)OCc2cccnc2)c1N)OCC. The lowest BCUT2D eigenvalue weighted by Crippen LogP contribution is -2.25. The van der Waals surface area contributed by atoms with Crippen LogP contribution in [0.4, 0.5) is 5.82 Å². The molecule has 0 aliphatic rings. The first-order valence-corrected chi connectivity index (χ1v) is 7.76. The summed E-state index contributed by atoms with van der Waals surface area (Å²) in [6, 6.07) is 3.60. The summed E-state index contributed by atoms with van der Waals surface area (Å²) in [7, 11) is 0. The van der Waals surface area contributed by atoms with Crippen LogP contribution in [0.15, 0.2) is 30.7 Å². The van der Waals surface area contributed by atoms with Crippen LogP contribution in [0.5, 0.6) is 0 Å². The van der Waals surface area contributed by atoms with Crippen molar-refractivity contribution in [2.45, 2.75) is 33.3 Å². The lowest BCUT2D eigenvalue weighted by atomic mass is 10.3. The molecular weight excluding hydrogens is 312 g/mol. The quantitative estimate of drug-likeness (QED) is 0.549. The minimum Gasteiger partial charge on any atom is -0.457 e. The second kappa shape index (κ2) is 8.99. The van der Waals surface area contributed by atoms with E-state index in [0.717, 1.165) is 5.56 Å². The zero-order valence-electron chi connectivity index (χ0n) is 13.8. The van der Waals surface area contributed by atoms with E-state index >= 15 is 0 Å². The predicted molar refractivity (Wildman–Crippen MR) is 87.0 cm³/mol. The monoisotopic (exact) mass is 334 g/mol. The molecule has 0 aliphatic heterocycles. The number of carbonyl (C=O) groups excluding carboxylic acids is 1. The van der Waals surface area contributed by atoms with Gasteiger partial charge in [-0.05, 0) is 19.9 Å². The normalized spacial score (nSPS) is 11.0. The van der Waals surface area contributed by atoms with Crippen LogP contribution in [-0.2, 0) is 27.4 Å². The second-order valence-corrected chi connectivity index (χ2v) is 4.90. The van der Waals surface area contributed by atoms with E-state index in [9.17, 15) is 4.79 Å². The topological polar surface area (TPSA) is 101 Å². The highest BCUT2D eigenvalue weighted by molar-refractivity contribution is 5.93. The number of nitrogen functional groups attached to an aromatic ring is 1. The van der Waals surface area contributed by atoms with Gasteiger partial charge in [-0.25, -0.2) is 9.48 Å². The average Bonchev–Trinajstić information content (AvgIpc) is 2.95. The fraction of sp³-hybridized carbons (Fsp3) is 0.438. The molecule has 0 bridgehead atoms. The van der Waals surface area contributed by atoms with Gasteiger partial charge in [0.2, 0.25) is 0 Å². The highest BCUT2D eigenvalue weighted by Gasteiger charge is 2.19. The van der Waals surface area contributed by atoms with Crippen LogP contribution in [0, 0.1) is 0 Å². The van der Waals surface area contributed by atoms with Crippen LogP contribution < -0.4 is 5.73 Å². The van der Waals surface area contributed by atoms with E-state index in [1.54, 1.807) is 18.5 Å². The summed E-state index contributed by atoms with van der Waals surface area (Å²) in [4.78, 5) is 16.1. The molecule has 130 valence electrons. The number of aromatic nitrogens is 3. The van der Waals surface area contributed by atoms with Crippen LogP contribution in [0.2, 0.25) is 0 Å². The summed E-state index contributed by atoms with van der Waals surface area (Å²) >= 11 is 0. The van der Waals surface area contributed by atoms with Gasteiger partial charge in [-0.3, -0.25) is 4.98 Å². The van der Waals surface area contributed by atoms with Crippen molar-refractivity contribution in [3.63, 3.8) is 0 Å². The number of nitrogens with zero attached hydrogens (tertiary/aromatic N) is 3. The minimum absolute atomic E-state index is 0.123. The van der Waals surface area contributed by atoms with Crippen LogP contribution in [0.25, 0.3) is 0 Å². The van der Waals surface area contributed by atoms with Crippen molar-refractivity contribution in [1.82, 2.24) is 14.8 Å². The van der Waals surface area contributed by atoms with Gasteiger partial charge in [0.1, 0.15) is 18.0 Å². The van der Waals surface area contributed by atoms with Gasteiger partial charge < -0.3 is 19.9 Å². The first kappa shape index (κ1) is 17.9. The van der Waals surface area contributed by atoms with Crippen molar-refractivity contribution in [3.8, 4) is 0 Å². The van der Waals surface area contributed by atoms with Gasteiger partial charge >= 0.3 is 5.97 Å².